The van der Waals surface area contributed by atoms with Gasteiger partial charge in [-0.2, -0.15) is 0 Å². The molecule has 1 rings (SSSR count). The normalized spacial score (nSPS) is 17.4. The van der Waals surface area contributed by atoms with Gasteiger partial charge in [-0.05, 0) is 45.3 Å². The van der Waals surface area contributed by atoms with E-state index >= 15 is 0 Å². The van der Waals surface area contributed by atoms with Crippen molar-refractivity contribution in [2.45, 2.75) is 38.6 Å². The lowest BCUT2D eigenvalue weighted by Crippen LogP contribution is -2.46. The number of carboxylic acid groups (broad SMARTS) is 1. The molecule has 0 radical (unpaired) electrons. The molecule has 3 N–H and O–H groups in total. The van der Waals surface area contributed by atoms with Crippen molar-refractivity contribution in [2.75, 3.05) is 26.2 Å². The predicted octanol–water partition coefficient (Wildman–Crippen LogP) is 0.635. The van der Waals surface area contributed by atoms with Gasteiger partial charge in [0.05, 0.1) is 0 Å². The van der Waals surface area contributed by atoms with Crippen molar-refractivity contribution in [2.24, 2.45) is 0 Å². The van der Waals surface area contributed by atoms with Crippen molar-refractivity contribution >= 4 is 12.0 Å². The van der Waals surface area contributed by atoms with Crippen LogP contribution >= 0.6 is 0 Å². The minimum atomic E-state index is -0.996. The van der Waals surface area contributed by atoms with Crippen LogP contribution in [0.2, 0.25) is 0 Å². The Morgan fingerprint density at radius 2 is 2.00 bits per heavy atom. The zero-order valence-corrected chi connectivity index (χ0v) is 10.9. The Kier molecular flexibility index (Phi) is 6.49. The first-order valence-electron chi connectivity index (χ1n) is 6.63. The number of likely N-dealkylation sites (tertiary alicyclic amines) is 1. The molecule has 0 spiro atoms. The minimum absolute atomic E-state index is 0.385. The van der Waals surface area contributed by atoms with Gasteiger partial charge in [0.1, 0.15) is 6.04 Å². The highest BCUT2D eigenvalue weighted by molar-refractivity contribution is 5.82. The van der Waals surface area contributed by atoms with Crippen molar-refractivity contribution in [1.29, 1.82) is 0 Å². The van der Waals surface area contributed by atoms with Crippen molar-refractivity contribution in [3.63, 3.8) is 0 Å². The number of urea groups is 1. The summed E-state index contributed by atoms with van der Waals surface area (Å²) in [6.07, 6.45) is 3.82. The molecule has 0 aromatic carbocycles. The number of nitrogens with zero attached hydrogens (tertiary/aromatic N) is 1. The van der Waals surface area contributed by atoms with Crippen LogP contribution in [0.15, 0.2) is 0 Å². The average Bonchev–Trinajstić information content (AvgIpc) is 2.84. The average molecular weight is 257 g/mol. The van der Waals surface area contributed by atoms with Gasteiger partial charge in [-0.15, -0.1) is 0 Å². The molecule has 0 aromatic heterocycles. The molecular weight excluding hydrogens is 234 g/mol. The third-order valence-electron chi connectivity index (χ3n) is 3.15. The SMILES string of the molecule is CC[C@H](NC(=O)NCCCN1CCCC1)C(=O)O. The highest BCUT2D eigenvalue weighted by Gasteiger charge is 2.17. The van der Waals surface area contributed by atoms with Gasteiger partial charge in [0.2, 0.25) is 0 Å². The van der Waals surface area contributed by atoms with Gasteiger partial charge < -0.3 is 20.6 Å². The smallest absolute Gasteiger partial charge is 0.326 e. The third-order valence-corrected chi connectivity index (χ3v) is 3.15. The summed E-state index contributed by atoms with van der Waals surface area (Å²) in [5.74, 6) is -0.996. The predicted molar refractivity (Wildman–Crippen MR) is 68.5 cm³/mol. The van der Waals surface area contributed by atoms with E-state index in [0.29, 0.717) is 13.0 Å². The van der Waals surface area contributed by atoms with E-state index in [2.05, 4.69) is 15.5 Å². The lowest BCUT2D eigenvalue weighted by molar-refractivity contribution is -0.139. The maximum Gasteiger partial charge on any atom is 0.326 e. The van der Waals surface area contributed by atoms with E-state index in [1.54, 1.807) is 6.92 Å². The molecule has 104 valence electrons. The lowest BCUT2D eigenvalue weighted by atomic mass is 10.2. The minimum Gasteiger partial charge on any atom is -0.480 e. The van der Waals surface area contributed by atoms with Crippen LogP contribution in [0, 0.1) is 0 Å². The number of carbonyl (C=O) groups is 2. The molecule has 0 bridgehead atoms. The fourth-order valence-corrected chi connectivity index (χ4v) is 2.06. The summed E-state index contributed by atoms with van der Waals surface area (Å²) in [5.41, 5.74) is 0. The van der Waals surface area contributed by atoms with Crippen LogP contribution in [-0.2, 0) is 4.79 Å². The first-order valence-corrected chi connectivity index (χ1v) is 6.63. The fraction of sp³-hybridized carbons (Fsp3) is 0.833. The topological polar surface area (TPSA) is 81.7 Å². The largest absolute Gasteiger partial charge is 0.480 e. The van der Waals surface area contributed by atoms with Crippen molar-refractivity contribution in [1.82, 2.24) is 15.5 Å². The Hall–Kier alpha value is -1.30. The van der Waals surface area contributed by atoms with E-state index in [1.807, 2.05) is 0 Å². The fourth-order valence-electron chi connectivity index (χ4n) is 2.06. The number of nitrogens with one attached hydrogen (secondary N) is 2. The van der Waals surface area contributed by atoms with Crippen molar-refractivity contribution < 1.29 is 14.7 Å². The van der Waals surface area contributed by atoms with Crippen molar-refractivity contribution in [3.05, 3.63) is 0 Å². The molecule has 0 saturated carbocycles. The molecule has 0 aromatic rings. The van der Waals surface area contributed by atoms with Gasteiger partial charge in [-0.3, -0.25) is 0 Å². The molecule has 1 saturated heterocycles. The van der Waals surface area contributed by atoms with Gasteiger partial charge in [-0.1, -0.05) is 6.92 Å². The highest BCUT2D eigenvalue weighted by Crippen LogP contribution is 2.06. The summed E-state index contributed by atoms with van der Waals surface area (Å²) >= 11 is 0. The molecule has 1 aliphatic rings. The van der Waals surface area contributed by atoms with Crippen LogP contribution in [0.5, 0.6) is 0 Å². The molecule has 1 atom stereocenters. The standard InChI is InChI=1S/C12H23N3O3/c1-2-10(11(16)17)14-12(18)13-6-5-9-15-7-3-4-8-15/h10H,2-9H2,1H3,(H,16,17)(H2,13,14,18)/t10-/m0/s1. The number of hydrogen-bond donors (Lipinski definition) is 3. The molecule has 1 fully saturated rings. The number of carbonyl (C=O) groups excluding carboxylic acids is 1. The molecule has 1 aliphatic heterocycles. The van der Waals surface area contributed by atoms with E-state index in [0.717, 1.165) is 26.1 Å². The zero-order chi connectivity index (χ0) is 13.4. The number of carboxylic acids is 1. The van der Waals surface area contributed by atoms with Gasteiger partial charge >= 0.3 is 12.0 Å². The molecule has 18 heavy (non-hydrogen) atoms. The van der Waals surface area contributed by atoms with Crippen LogP contribution < -0.4 is 10.6 Å². The number of aliphatic carboxylic acids is 1. The quantitative estimate of drug-likeness (QED) is 0.584. The van der Waals surface area contributed by atoms with Crippen LogP contribution in [0.1, 0.15) is 32.6 Å². The molecule has 0 aliphatic carbocycles. The molecule has 1 heterocycles. The number of hydrogen-bond acceptors (Lipinski definition) is 3. The Labute approximate surface area is 108 Å². The molecule has 6 heteroatoms. The Morgan fingerprint density at radius 1 is 1.33 bits per heavy atom. The maximum atomic E-state index is 11.4. The number of rotatable bonds is 7. The first kappa shape index (κ1) is 14.8. The molecule has 0 unspecified atom stereocenters. The van der Waals surface area contributed by atoms with E-state index < -0.39 is 18.0 Å². The summed E-state index contributed by atoms with van der Waals surface area (Å²) in [4.78, 5) is 24.5. The summed E-state index contributed by atoms with van der Waals surface area (Å²) in [6.45, 7) is 5.62. The summed E-state index contributed by atoms with van der Waals surface area (Å²) < 4.78 is 0. The van der Waals surface area contributed by atoms with Gasteiger partial charge in [0.15, 0.2) is 0 Å². The second kappa shape index (κ2) is 7.92. The summed E-state index contributed by atoms with van der Waals surface area (Å²) in [6, 6.07) is -1.20. The van der Waals surface area contributed by atoms with Gasteiger partial charge in [-0.25, -0.2) is 9.59 Å². The van der Waals surface area contributed by atoms with Gasteiger partial charge in [0.25, 0.3) is 0 Å². The molecular formula is C12H23N3O3. The Morgan fingerprint density at radius 3 is 2.56 bits per heavy atom. The van der Waals surface area contributed by atoms with Crippen LogP contribution in [0.4, 0.5) is 4.79 Å². The van der Waals surface area contributed by atoms with E-state index in [4.69, 9.17) is 5.11 Å². The second-order valence-corrected chi connectivity index (χ2v) is 4.60. The number of amides is 2. The first-order chi connectivity index (χ1) is 8.63. The van der Waals surface area contributed by atoms with Crippen molar-refractivity contribution in [3.8, 4) is 0 Å². The third kappa shape index (κ3) is 5.35. The maximum absolute atomic E-state index is 11.4. The lowest BCUT2D eigenvalue weighted by Gasteiger charge is -2.15. The van der Waals surface area contributed by atoms with E-state index in [9.17, 15) is 9.59 Å². The Balaban J connectivity index is 2.07. The van der Waals surface area contributed by atoms with Crippen LogP contribution in [0.3, 0.4) is 0 Å². The van der Waals surface area contributed by atoms with Gasteiger partial charge in [0, 0.05) is 6.54 Å². The van der Waals surface area contributed by atoms with E-state index in [-0.39, 0.29) is 0 Å². The highest BCUT2D eigenvalue weighted by atomic mass is 16.4. The van der Waals surface area contributed by atoms with E-state index in [1.165, 1.54) is 12.8 Å². The monoisotopic (exact) mass is 257 g/mol. The Bertz CT molecular complexity index is 278. The zero-order valence-electron chi connectivity index (χ0n) is 10.9. The molecule has 6 nitrogen and oxygen atoms in total. The molecule has 2 amide bonds. The second-order valence-electron chi connectivity index (χ2n) is 4.60. The van der Waals surface area contributed by atoms with Crippen LogP contribution in [0.25, 0.3) is 0 Å². The summed E-state index contributed by atoms with van der Waals surface area (Å²) in [5, 5.41) is 13.9. The summed E-state index contributed by atoms with van der Waals surface area (Å²) in [7, 11) is 0. The van der Waals surface area contributed by atoms with Crippen LogP contribution in [-0.4, -0.2) is 54.2 Å².